The van der Waals surface area contributed by atoms with Gasteiger partial charge in [-0.25, -0.2) is 8.42 Å². The molecule has 0 aliphatic heterocycles. The van der Waals surface area contributed by atoms with Gasteiger partial charge < -0.3 is 4.74 Å². The molecule has 0 spiro atoms. The molecule has 1 aromatic heterocycles. The fraction of sp³-hybridized carbons (Fsp3) is 0.250. The summed E-state index contributed by atoms with van der Waals surface area (Å²) in [6, 6.07) is 4.02. The maximum absolute atomic E-state index is 12.3. The average Bonchev–Trinajstić information content (AvgIpc) is 2.93. The monoisotopic (exact) mass is 371 g/mol. The van der Waals surface area contributed by atoms with E-state index in [4.69, 9.17) is 11.6 Å². The zero-order chi connectivity index (χ0) is 16.4. The Balaban J connectivity index is 2.31. The Morgan fingerprint density at radius 1 is 1.32 bits per heavy atom. The van der Waals surface area contributed by atoms with Crippen molar-refractivity contribution in [2.24, 2.45) is 0 Å². The first-order chi connectivity index (χ1) is 10.2. The second kappa shape index (κ2) is 6.43. The molecule has 0 radical (unpaired) electrons. The topological polar surface area (TPSA) is 56.3 Å². The summed E-state index contributed by atoms with van der Waals surface area (Å²) in [5.41, 5.74) is 1.34. The lowest BCUT2D eigenvalue weighted by molar-refractivity contribution is -0.153. The first-order valence-corrected chi connectivity index (χ1v) is 8.68. The zero-order valence-electron chi connectivity index (χ0n) is 10.8. The Labute approximate surface area is 133 Å². The summed E-state index contributed by atoms with van der Waals surface area (Å²) in [6.45, 7) is -1.53. The van der Waals surface area contributed by atoms with Crippen LogP contribution < -0.4 is 4.74 Å². The molecule has 4 nitrogen and oxygen atoms in total. The van der Waals surface area contributed by atoms with E-state index in [-0.39, 0.29) is 20.5 Å². The molecule has 120 valence electrons. The molecule has 0 fully saturated rings. The van der Waals surface area contributed by atoms with Gasteiger partial charge >= 0.3 is 6.18 Å². The van der Waals surface area contributed by atoms with Gasteiger partial charge in [0.1, 0.15) is 9.96 Å². The Bertz CT molecular complexity index is 745. The van der Waals surface area contributed by atoms with Crippen molar-refractivity contribution in [2.45, 2.75) is 16.1 Å². The van der Waals surface area contributed by atoms with E-state index in [2.05, 4.69) is 9.72 Å². The molecule has 0 saturated carbocycles. The van der Waals surface area contributed by atoms with Gasteiger partial charge in [-0.05, 0) is 12.1 Å². The number of nitrogens with zero attached hydrogens (tertiary/aromatic N) is 1. The van der Waals surface area contributed by atoms with Gasteiger partial charge in [-0.3, -0.25) is 4.98 Å². The first-order valence-electron chi connectivity index (χ1n) is 5.77. The molecule has 0 aliphatic carbocycles. The van der Waals surface area contributed by atoms with Gasteiger partial charge in [0, 0.05) is 10.6 Å². The van der Waals surface area contributed by atoms with Crippen molar-refractivity contribution in [2.75, 3.05) is 6.61 Å². The maximum Gasteiger partial charge on any atom is 0.422 e. The molecule has 2 rings (SSSR count). The summed E-state index contributed by atoms with van der Waals surface area (Å²) >= 11 is 6.82. The third kappa shape index (κ3) is 4.34. The van der Waals surface area contributed by atoms with Crippen LogP contribution in [0.2, 0.25) is 5.02 Å². The van der Waals surface area contributed by atoms with Crippen molar-refractivity contribution in [3.8, 4) is 5.75 Å². The van der Waals surface area contributed by atoms with Crippen LogP contribution in [0.4, 0.5) is 13.2 Å². The molecule has 2 aromatic rings. The quantitative estimate of drug-likeness (QED) is 0.804. The van der Waals surface area contributed by atoms with Crippen LogP contribution >= 0.6 is 22.9 Å². The molecule has 22 heavy (non-hydrogen) atoms. The Hall–Kier alpha value is -1.32. The van der Waals surface area contributed by atoms with E-state index in [1.54, 1.807) is 0 Å². The molecule has 0 aliphatic rings. The van der Waals surface area contributed by atoms with Gasteiger partial charge in [-0.1, -0.05) is 17.7 Å². The minimum absolute atomic E-state index is 0.00851. The molecule has 10 heteroatoms. The zero-order valence-corrected chi connectivity index (χ0v) is 13.2. The van der Waals surface area contributed by atoms with E-state index in [1.165, 1.54) is 29.9 Å². The summed E-state index contributed by atoms with van der Waals surface area (Å²) in [7, 11) is -3.76. The Morgan fingerprint density at radius 2 is 2.05 bits per heavy atom. The standard InChI is InChI=1S/C12H9ClF3NO3S2/c13-9-2-1-3-10(20-6-12(14,15)16)8(9)5-22(18,19)11-4-17-7-21-11/h1-4,7H,5-6H2. The number of thiazole rings is 1. The lowest BCUT2D eigenvalue weighted by atomic mass is 10.2. The third-order valence-electron chi connectivity index (χ3n) is 2.52. The lowest BCUT2D eigenvalue weighted by Crippen LogP contribution is -2.20. The van der Waals surface area contributed by atoms with E-state index < -0.39 is 28.4 Å². The minimum atomic E-state index is -4.53. The molecular formula is C12H9ClF3NO3S2. The second-order valence-electron chi connectivity index (χ2n) is 4.20. The molecule has 1 aromatic carbocycles. The predicted octanol–water partition coefficient (Wildman–Crippen LogP) is 3.71. The van der Waals surface area contributed by atoms with Gasteiger partial charge in [0.05, 0.1) is 17.5 Å². The van der Waals surface area contributed by atoms with E-state index >= 15 is 0 Å². The number of aromatic nitrogens is 1. The summed E-state index contributed by atoms with van der Waals surface area (Å²) in [6.07, 6.45) is -3.36. The van der Waals surface area contributed by atoms with E-state index in [1.807, 2.05) is 0 Å². The van der Waals surface area contributed by atoms with Gasteiger partial charge in [-0.15, -0.1) is 11.3 Å². The number of hydrogen-bond donors (Lipinski definition) is 0. The van der Waals surface area contributed by atoms with E-state index in [0.717, 1.165) is 11.3 Å². The minimum Gasteiger partial charge on any atom is -0.484 e. The van der Waals surface area contributed by atoms with Crippen LogP contribution in [0.5, 0.6) is 5.75 Å². The fourth-order valence-electron chi connectivity index (χ4n) is 1.59. The molecule has 0 saturated heterocycles. The van der Waals surface area contributed by atoms with E-state index in [0.29, 0.717) is 0 Å². The molecular weight excluding hydrogens is 363 g/mol. The second-order valence-corrected chi connectivity index (χ2v) is 7.71. The van der Waals surface area contributed by atoms with Gasteiger partial charge in [-0.2, -0.15) is 13.2 Å². The van der Waals surface area contributed by atoms with Crippen molar-refractivity contribution < 1.29 is 26.3 Å². The highest BCUT2D eigenvalue weighted by atomic mass is 35.5. The number of hydrogen-bond acceptors (Lipinski definition) is 5. The summed E-state index contributed by atoms with van der Waals surface area (Å²) in [4.78, 5) is 3.67. The van der Waals surface area contributed by atoms with Crippen LogP contribution in [-0.4, -0.2) is 26.2 Å². The normalized spacial score (nSPS) is 12.4. The molecule has 0 atom stereocenters. The molecule has 0 N–H and O–H groups in total. The highest BCUT2D eigenvalue weighted by Gasteiger charge is 2.29. The number of rotatable bonds is 5. The number of ether oxygens (including phenoxy) is 1. The highest BCUT2D eigenvalue weighted by Crippen LogP contribution is 2.32. The van der Waals surface area contributed by atoms with Crippen LogP contribution in [0, 0.1) is 0 Å². The SMILES string of the molecule is O=S(=O)(Cc1c(Cl)cccc1OCC(F)(F)F)c1cncs1. The van der Waals surface area contributed by atoms with Crippen molar-refractivity contribution >= 4 is 32.8 Å². The van der Waals surface area contributed by atoms with Gasteiger partial charge in [0.15, 0.2) is 16.4 Å². The summed E-state index contributed by atoms with van der Waals surface area (Å²) < 4.78 is 65.8. The molecule has 0 amide bonds. The summed E-state index contributed by atoms with van der Waals surface area (Å²) in [5, 5.41) is 0.0211. The fourth-order valence-corrected chi connectivity index (χ4v) is 4.19. The highest BCUT2D eigenvalue weighted by molar-refractivity contribution is 7.92. The van der Waals surface area contributed by atoms with Crippen molar-refractivity contribution in [3.05, 3.63) is 40.5 Å². The first kappa shape index (κ1) is 17.0. The molecule has 1 heterocycles. The number of halogens is 4. The average molecular weight is 372 g/mol. The third-order valence-corrected chi connectivity index (χ3v) is 5.87. The predicted molar refractivity (Wildman–Crippen MR) is 76.0 cm³/mol. The van der Waals surface area contributed by atoms with Crippen LogP contribution in [0.25, 0.3) is 0 Å². The number of alkyl halides is 3. The molecule has 0 unspecified atom stereocenters. The van der Waals surface area contributed by atoms with Crippen molar-refractivity contribution in [1.82, 2.24) is 4.98 Å². The van der Waals surface area contributed by atoms with Gasteiger partial charge in [0.2, 0.25) is 0 Å². The van der Waals surface area contributed by atoms with Crippen LogP contribution in [-0.2, 0) is 15.6 Å². The van der Waals surface area contributed by atoms with Crippen molar-refractivity contribution in [1.29, 1.82) is 0 Å². The van der Waals surface area contributed by atoms with E-state index in [9.17, 15) is 21.6 Å². The number of sulfone groups is 1. The smallest absolute Gasteiger partial charge is 0.422 e. The molecule has 0 bridgehead atoms. The van der Waals surface area contributed by atoms with Crippen LogP contribution in [0.1, 0.15) is 5.56 Å². The van der Waals surface area contributed by atoms with Gasteiger partial charge in [0.25, 0.3) is 0 Å². The maximum atomic E-state index is 12.3. The number of benzene rings is 1. The lowest BCUT2D eigenvalue weighted by Gasteiger charge is -2.14. The largest absolute Gasteiger partial charge is 0.484 e. The Kier molecular flexibility index (Phi) is 4.98. The summed E-state index contributed by atoms with van der Waals surface area (Å²) in [5.74, 6) is -0.778. The van der Waals surface area contributed by atoms with Crippen molar-refractivity contribution in [3.63, 3.8) is 0 Å². The van der Waals surface area contributed by atoms with Crippen LogP contribution in [0.3, 0.4) is 0 Å². The van der Waals surface area contributed by atoms with Crippen LogP contribution in [0.15, 0.2) is 34.1 Å². The Morgan fingerprint density at radius 3 is 2.64 bits per heavy atom.